The van der Waals surface area contributed by atoms with Crippen molar-refractivity contribution in [3.05, 3.63) is 24.4 Å². The molecule has 1 aliphatic rings. The van der Waals surface area contributed by atoms with Crippen molar-refractivity contribution in [1.82, 2.24) is 14.7 Å². The first kappa shape index (κ1) is 15.8. The highest BCUT2D eigenvalue weighted by Crippen LogP contribution is 2.23. The molecule has 0 unspecified atom stereocenters. The molecule has 124 valence electrons. The Balaban J connectivity index is 1.74. The van der Waals surface area contributed by atoms with E-state index in [2.05, 4.69) is 31.2 Å². The summed E-state index contributed by atoms with van der Waals surface area (Å²) >= 11 is 0. The van der Waals surface area contributed by atoms with Gasteiger partial charge in [-0.05, 0) is 38.5 Å². The number of hydrogen-bond donors (Lipinski definition) is 1. The van der Waals surface area contributed by atoms with E-state index in [0.717, 1.165) is 29.6 Å². The van der Waals surface area contributed by atoms with Crippen LogP contribution in [0.15, 0.2) is 24.4 Å². The third-order valence-corrected chi connectivity index (χ3v) is 4.57. The number of nitrogens with zero attached hydrogens (tertiary/aromatic N) is 3. The van der Waals surface area contributed by atoms with Gasteiger partial charge in [-0.15, -0.1) is 0 Å². The van der Waals surface area contributed by atoms with Gasteiger partial charge in [0.05, 0.1) is 30.5 Å². The molecule has 1 fully saturated rings. The summed E-state index contributed by atoms with van der Waals surface area (Å²) in [5, 5.41) is 8.41. The third-order valence-electron chi connectivity index (χ3n) is 4.57. The Kier molecular flexibility index (Phi) is 4.26. The second-order valence-corrected chi connectivity index (χ2v) is 6.24. The van der Waals surface area contributed by atoms with Crippen molar-refractivity contribution in [2.75, 3.05) is 25.0 Å². The topological polar surface area (TPSA) is 59.4 Å². The third kappa shape index (κ3) is 3.17. The number of fused-ring (bicyclic) bond motifs is 1. The maximum Gasteiger partial charge on any atom is 0.322 e. The first-order valence-electron chi connectivity index (χ1n) is 8.20. The summed E-state index contributed by atoms with van der Waals surface area (Å²) in [6.07, 6.45) is 2.73. The smallest absolute Gasteiger partial charge is 0.322 e. The number of amides is 2. The number of hydrogen-bond acceptors (Lipinski definition) is 3. The summed E-state index contributed by atoms with van der Waals surface area (Å²) in [4.78, 5) is 14.4. The van der Waals surface area contributed by atoms with E-state index in [1.165, 1.54) is 0 Å². The van der Waals surface area contributed by atoms with E-state index < -0.39 is 0 Å². The van der Waals surface area contributed by atoms with Gasteiger partial charge in [-0.2, -0.15) is 5.10 Å². The zero-order valence-electron chi connectivity index (χ0n) is 14.0. The molecule has 2 amide bonds. The maximum atomic E-state index is 12.5. The Hall–Kier alpha value is -2.08. The van der Waals surface area contributed by atoms with Crippen molar-refractivity contribution < 1.29 is 9.53 Å². The van der Waals surface area contributed by atoms with E-state index in [-0.39, 0.29) is 11.6 Å². The van der Waals surface area contributed by atoms with Crippen molar-refractivity contribution in [1.29, 1.82) is 0 Å². The fourth-order valence-corrected chi connectivity index (χ4v) is 2.92. The number of ether oxygens (including phenoxy) is 1. The number of benzene rings is 1. The van der Waals surface area contributed by atoms with Gasteiger partial charge in [-0.3, -0.25) is 4.68 Å². The molecule has 3 rings (SSSR count). The molecule has 1 aliphatic heterocycles. The molecule has 0 aliphatic carbocycles. The Labute approximate surface area is 136 Å². The first-order chi connectivity index (χ1) is 11.0. The van der Waals surface area contributed by atoms with Gasteiger partial charge in [0.1, 0.15) is 0 Å². The molecule has 1 N–H and O–H groups in total. The van der Waals surface area contributed by atoms with Crippen molar-refractivity contribution in [2.45, 2.75) is 39.3 Å². The van der Waals surface area contributed by atoms with Crippen LogP contribution >= 0.6 is 0 Å². The summed E-state index contributed by atoms with van der Waals surface area (Å²) in [6, 6.07) is 5.80. The van der Waals surface area contributed by atoms with E-state index in [1.807, 2.05) is 34.0 Å². The van der Waals surface area contributed by atoms with E-state index in [9.17, 15) is 4.79 Å². The molecule has 0 spiro atoms. The molecule has 2 heterocycles. The van der Waals surface area contributed by atoms with Crippen LogP contribution in [0, 0.1) is 0 Å². The maximum absolute atomic E-state index is 12.5. The lowest BCUT2D eigenvalue weighted by atomic mass is 10.0. The minimum atomic E-state index is -0.250. The summed E-state index contributed by atoms with van der Waals surface area (Å²) in [5.74, 6) is 0. The fraction of sp³-hybridized carbons (Fsp3) is 0.529. The van der Waals surface area contributed by atoms with Crippen molar-refractivity contribution >= 4 is 22.6 Å². The van der Waals surface area contributed by atoms with E-state index in [0.29, 0.717) is 19.7 Å². The Morgan fingerprint density at radius 3 is 3.00 bits per heavy atom. The number of rotatable bonds is 3. The Bertz CT molecular complexity index is 712. The number of carbonyl (C=O) groups excluding carboxylic acids is 1. The normalized spacial score (nSPS) is 21.6. The van der Waals surface area contributed by atoms with Gasteiger partial charge in [0.25, 0.3) is 0 Å². The largest absolute Gasteiger partial charge is 0.372 e. The minimum Gasteiger partial charge on any atom is -0.372 e. The number of aryl methyl sites for hydroxylation is 1. The van der Waals surface area contributed by atoms with Crippen LogP contribution in [-0.2, 0) is 11.3 Å². The molecule has 6 heteroatoms. The van der Waals surface area contributed by atoms with Crippen molar-refractivity contribution in [2.24, 2.45) is 0 Å². The van der Waals surface area contributed by atoms with Gasteiger partial charge < -0.3 is 15.0 Å². The molecular formula is C17H24N4O2. The average Bonchev–Trinajstić information content (AvgIpc) is 2.97. The highest BCUT2D eigenvalue weighted by molar-refractivity contribution is 5.92. The van der Waals surface area contributed by atoms with E-state index in [1.54, 1.807) is 0 Å². The number of carbonyl (C=O) groups is 1. The summed E-state index contributed by atoms with van der Waals surface area (Å²) in [5.41, 5.74) is 1.58. The number of anilines is 1. The quantitative estimate of drug-likeness (QED) is 0.946. The van der Waals surface area contributed by atoms with Crippen LogP contribution in [0.4, 0.5) is 10.5 Å². The van der Waals surface area contributed by atoms with Gasteiger partial charge in [0.2, 0.25) is 0 Å². The van der Waals surface area contributed by atoms with Crippen LogP contribution in [-0.4, -0.2) is 46.0 Å². The molecular weight excluding hydrogens is 292 g/mol. The van der Waals surface area contributed by atoms with Crippen LogP contribution in [0.5, 0.6) is 0 Å². The lowest BCUT2D eigenvalue weighted by molar-refractivity contribution is -0.0860. The number of urea groups is 1. The lowest BCUT2D eigenvalue weighted by Crippen LogP contribution is -2.53. The summed E-state index contributed by atoms with van der Waals surface area (Å²) in [6.45, 7) is 8.82. The van der Waals surface area contributed by atoms with Crippen LogP contribution < -0.4 is 5.32 Å². The molecule has 1 aromatic heterocycles. The molecule has 0 radical (unpaired) electrons. The molecule has 1 saturated heterocycles. The summed E-state index contributed by atoms with van der Waals surface area (Å²) < 4.78 is 7.71. The first-order valence-corrected chi connectivity index (χ1v) is 8.20. The minimum absolute atomic E-state index is 0.0742. The van der Waals surface area contributed by atoms with Gasteiger partial charge in [0, 0.05) is 24.2 Å². The number of nitrogens with one attached hydrogen (secondary N) is 1. The molecule has 1 atom stereocenters. The van der Waals surface area contributed by atoms with Gasteiger partial charge >= 0.3 is 6.03 Å². The highest BCUT2D eigenvalue weighted by Gasteiger charge is 2.32. The fourth-order valence-electron chi connectivity index (χ4n) is 2.92. The number of morpholine rings is 1. The zero-order valence-corrected chi connectivity index (χ0v) is 14.0. The Morgan fingerprint density at radius 2 is 2.26 bits per heavy atom. The van der Waals surface area contributed by atoms with Crippen LogP contribution in [0.2, 0.25) is 0 Å². The van der Waals surface area contributed by atoms with Crippen LogP contribution in [0.3, 0.4) is 0 Å². The van der Waals surface area contributed by atoms with Crippen molar-refractivity contribution in [3.63, 3.8) is 0 Å². The van der Waals surface area contributed by atoms with Crippen LogP contribution in [0.1, 0.15) is 27.2 Å². The molecule has 0 saturated carbocycles. The van der Waals surface area contributed by atoms with E-state index in [4.69, 9.17) is 4.74 Å². The molecule has 2 aromatic rings. The second kappa shape index (κ2) is 6.20. The Morgan fingerprint density at radius 1 is 1.43 bits per heavy atom. The number of aromatic nitrogens is 2. The van der Waals surface area contributed by atoms with Gasteiger partial charge in [0.15, 0.2) is 0 Å². The predicted molar refractivity (Wildman–Crippen MR) is 90.6 cm³/mol. The molecule has 23 heavy (non-hydrogen) atoms. The highest BCUT2D eigenvalue weighted by atomic mass is 16.5. The molecule has 0 bridgehead atoms. The lowest BCUT2D eigenvalue weighted by Gasteiger charge is -2.39. The monoisotopic (exact) mass is 316 g/mol. The van der Waals surface area contributed by atoms with Crippen molar-refractivity contribution in [3.8, 4) is 0 Å². The predicted octanol–water partition coefficient (Wildman–Crippen LogP) is 3.09. The summed E-state index contributed by atoms with van der Waals surface area (Å²) in [7, 11) is 0. The van der Waals surface area contributed by atoms with Gasteiger partial charge in [-0.1, -0.05) is 6.92 Å². The average molecular weight is 316 g/mol. The SMILES string of the molecule is CCn1ncc2ccc(NC(=O)N3CCO[C@](C)(CC)C3)cc21. The zero-order chi connectivity index (χ0) is 16.4. The standard InChI is InChI=1S/C17H24N4O2/c1-4-17(3)12-20(8-9-23-17)16(22)19-14-7-6-13-11-18-21(5-2)15(13)10-14/h6-7,10-11H,4-5,8-9,12H2,1-3H3,(H,19,22)/t17-/m1/s1. The van der Waals surface area contributed by atoms with E-state index >= 15 is 0 Å². The van der Waals surface area contributed by atoms with Gasteiger partial charge in [-0.25, -0.2) is 4.79 Å². The molecule has 1 aromatic carbocycles. The molecule has 6 nitrogen and oxygen atoms in total. The van der Waals surface area contributed by atoms with Crippen LogP contribution in [0.25, 0.3) is 10.9 Å². The second-order valence-electron chi connectivity index (χ2n) is 6.24.